The lowest BCUT2D eigenvalue weighted by Crippen LogP contribution is -2.58. The molecule has 0 saturated carbocycles. The molecule has 2 bridgehead atoms. The first kappa shape index (κ1) is 19.3. The molecule has 0 radical (unpaired) electrons. The molecular weight excluding hydrogens is 384 g/mol. The van der Waals surface area contributed by atoms with Crippen molar-refractivity contribution in [3.05, 3.63) is 35.7 Å². The van der Waals surface area contributed by atoms with Crippen molar-refractivity contribution in [3.63, 3.8) is 0 Å². The lowest BCUT2D eigenvalue weighted by molar-refractivity contribution is -0.133. The van der Waals surface area contributed by atoms with Crippen molar-refractivity contribution in [2.24, 2.45) is 11.8 Å². The highest BCUT2D eigenvalue weighted by atomic mass is 16.7. The molecule has 1 aromatic carbocycles. The van der Waals surface area contributed by atoms with Crippen LogP contribution in [0.4, 0.5) is 0 Å². The minimum Gasteiger partial charge on any atom is -0.454 e. The van der Waals surface area contributed by atoms with E-state index in [1.807, 2.05) is 36.1 Å². The molecule has 5 heterocycles. The van der Waals surface area contributed by atoms with Gasteiger partial charge in [0.05, 0.1) is 18.2 Å². The Kier molecular flexibility index (Phi) is 5.30. The van der Waals surface area contributed by atoms with E-state index in [1.54, 1.807) is 0 Å². The van der Waals surface area contributed by atoms with E-state index in [1.165, 1.54) is 0 Å². The molecule has 6 rings (SSSR count). The van der Waals surface area contributed by atoms with Gasteiger partial charge in [0.1, 0.15) is 0 Å². The maximum Gasteiger partial charge on any atom is 0.231 e. The molecule has 1 unspecified atom stereocenters. The Morgan fingerprint density at radius 1 is 1.27 bits per heavy atom. The van der Waals surface area contributed by atoms with E-state index in [2.05, 4.69) is 25.8 Å². The first-order valence-corrected chi connectivity index (χ1v) is 10.6. The van der Waals surface area contributed by atoms with Gasteiger partial charge in [0, 0.05) is 31.9 Å². The van der Waals surface area contributed by atoms with Crippen molar-refractivity contribution in [1.82, 2.24) is 30.5 Å². The van der Waals surface area contributed by atoms with Gasteiger partial charge in [-0.3, -0.25) is 14.4 Å². The van der Waals surface area contributed by atoms with E-state index in [0.717, 1.165) is 61.8 Å². The molecule has 4 aliphatic heterocycles. The van der Waals surface area contributed by atoms with Crippen LogP contribution in [0.2, 0.25) is 0 Å². The number of nitrogens with one attached hydrogen (secondary N) is 2. The van der Waals surface area contributed by atoms with E-state index in [-0.39, 0.29) is 18.6 Å². The van der Waals surface area contributed by atoms with Gasteiger partial charge in [0.15, 0.2) is 11.5 Å². The van der Waals surface area contributed by atoms with Crippen LogP contribution in [-0.2, 0) is 24.4 Å². The number of amides is 1. The first-order valence-electron chi connectivity index (χ1n) is 10.6. The van der Waals surface area contributed by atoms with E-state index in [9.17, 15) is 4.79 Å². The van der Waals surface area contributed by atoms with Crippen LogP contribution in [0.1, 0.15) is 24.1 Å². The van der Waals surface area contributed by atoms with Gasteiger partial charge in [0.2, 0.25) is 12.7 Å². The number of hydrogen-bond donors (Lipinski definition) is 2. The molecule has 1 amide bonds. The Balaban J connectivity index is 1.16. The number of carbonyl (C=O) groups is 1. The molecule has 9 nitrogen and oxygen atoms in total. The molecule has 2 N–H and O–H groups in total. The number of ether oxygens (including phenoxy) is 2. The van der Waals surface area contributed by atoms with Crippen LogP contribution in [0, 0.1) is 11.8 Å². The summed E-state index contributed by atoms with van der Waals surface area (Å²) in [7, 11) is 1.91. The SMILES string of the molecule is CNCc1cn(C[C@H]2C[C@H]3CCN2C[C@@H]3C(=O)NCc2ccc3c(c2)OCO3)nn1. The molecule has 1 aromatic heterocycles. The Morgan fingerprint density at radius 2 is 2.17 bits per heavy atom. The van der Waals surface area contributed by atoms with Crippen molar-refractivity contribution in [2.45, 2.75) is 38.5 Å². The number of rotatable bonds is 7. The summed E-state index contributed by atoms with van der Waals surface area (Å²) in [6.45, 7) is 4.20. The maximum absolute atomic E-state index is 12.9. The number of aromatic nitrogens is 3. The number of carbonyl (C=O) groups excluding carboxylic acids is 1. The monoisotopic (exact) mass is 412 g/mol. The molecular formula is C21H28N6O3. The van der Waals surface area contributed by atoms with E-state index in [0.29, 0.717) is 18.5 Å². The van der Waals surface area contributed by atoms with Gasteiger partial charge in [-0.15, -0.1) is 5.10 Å². The lowest BCUT2D eigenvalue weighted by atomic mass is 9.75. The molecule has 0 spiro atoms. The Morgan fingerprint density at radius 3 is 3.00 bits per heavy atom. The zero-order valence-electron chi connectivity index (χ0n) is 17.2. The van der Waals surface area contributed by atoms with Crippen LogP contribution < -0.4 is 20.1 Å². The van der Waals surface area contributed by atoms with Crippen LogP contribution in [-0.4, -0.2) is 58.8 Å². The number of fused-ring (bicyclic) bond motifs is 4. The van der Waals surface area contributed by atoms with Crippen LogP contribution in [0.15, 0.2) is 24.4 Å². The van der Waals surface area contributed by atoms with Crippen molar-refractivity contribution < 1.29 is 14.3 Å². The third-order valence-electron chi connectivity index (χ3n) is 6.46. The molecule has 4 atom stereocenters. The van der Waals surface area contributed by atoms with E-state index < -0.39 is 0 Å². The minimum atomic E-state index is 0.0552. The molecule has 0 aliphatic carbocycles. The van der Waals surface area contributed by atoms with Crippen molar-refractivity contribution in [1.29, 1.82) is 0 Å². The van der Waals surface area contributed by atoms with Crippen LogP contribution in [0.3, 0.4) is 0 Å². The van der Waals surface area contributed by atoms with E-state index >= 15 is 0 Å². The fourth-order valence-corrected chi connectivity index (χ4v) is 4.90. The molecule has 3 fully saturated rings. The standard InChI is InChI=1S/C21H28N6O3/c1-22-9-16-10-27(25-24-16)11-17-7-15-4-5-26(17)12-18(15)21(28)23-8-14-2-3-19-20(6-14)30-13-29-19/h2-3,6,10,15,17-18,22H,4-5,7-9,11-13H2,1H3,(H,23,28)/t15-,17-,18+/m1/s1. The van der Waals surface area contributed by atoms with Gasteiger partial charge in [-0.25, -0.2) is 0 Å². The predicted molar refractivity (Wildman–Crippen MR) is 109 cm³/mol. The highest BCUT2D eigenvalue weighted by molar-refractivity contribution is 5.79. The fourth-order valence-electron chi connectivity index (χ4n) is 4.90. The first-order chi connectivity index (χ1) is 14.7. The number of hydrogen-bond acceptors (Lipinski definition) is 7. The minimum absolute atomic E-state index is 0.0552. The summed E-state index contributed by atoms with van der Waals surface area (Å²) in [5.74, 6) is 2.15. The van der Waals surface area contributed by atoms with Crippen LogP contribution in [0.25, 0.3) is 0 Å². The summed E-state index contributed by atoms with van der Waals surface area (Å²) in [5.41, 5.74) is 1.98. The summed E-state index contributed by atoms with van der Waals surface area (Å²) < 4.78 is 12.7. The highest BCUT2D eigenvalue weighted by Gasteiger charge is 2.43. The molecule has 3 saturated heterocycles. The second kappa shape index (κ2) is 8.23. The number of nitrogens with zero attached hydrogens (tertiary/aromatic N) is 4. The zero-order valence-corrected chi connectivity index (χ0v) is 17.2. The third kappa shape index (κ3) is 3.87. The zero-order chi connectivity index (χ0) is 20.5. The summed E-state index contributed by atoms with van der Waals surface area (Å²) in [6.07, 6.45) is 4.12. The van der Waals surface area contributed by atoms with Gasteiger partial charge >= 0.3 is 0 Å². The summed E-state index contributed by atoms with van der Waals surface area (Å²) in [6, 6.07) is 6.23. The summed E-state index contributed by atoms with van der Waals surface area (Å²) in [4.78, 5) is 15.4. The van der Waals surface area contributed by atoms with Crippen LogP contribution >= 0.6 is 0 Å². The van der Waals surface area contributed by atoms with Gasteiger partial charge in [-0.2, -0.15) is 0 Å². The Labute approximate surface area is 175 Å². The van der Waals surface area contributed by atoms with Crippen molar-refractivity contribution in [2.75, 3.05) is 26.9 Å². The largest absolute Gasteiger partial charge is 0.454 e. The third-order valence-corrected chi connectivity index (χ3v) is 6.46. The lowest BCUT2D eigenvalue weighted by Gasteiger charge is -2.49. The normalized spacial score (nSPS) is 26.7. The van der Waals surface area contributed by atoms with Crippen molar-refractivity contribution in [3.8, 4) is 11.5 Å². The maximum atomic E-state index is 12.9. The number of piperidine rings is 3. The Bertz CT molecular complexity index is 916. The summed E-state index contributed by atoms with van der Waals surface area (Å²) >= 11 is 0. The second-order valence-electron chi connectivity index (χ2n) is 8.41. The molecule has 30 heavy (non-hydrogen) atoms. The second-order valence-corrected chi connectivity index (χ2v) is 8.41. The number of benzene rings is 1. The molecule has 2 aromatic rings. The van der Waals surface area contributed by atoms with Gasteiger partial charge in [-0.05, 0) is 50.0 Å². The predicted octanol–water partition coefficient (Wildman–Crippen LogP) is 0.753. The van der Waals surface area contributed by atoms with Gasteiger partial charge < -0.3 is 20.1 Å². The smallest absolute Gasteiger partial charge is 0.231 e. The average molecular weight is 412 g/mol. The molecule has 160 valence electrons. The van der Waals surface area contributed by atoms with Crippen molar-refractivity contribution >= 4 is 5.91 Å². The topological polar surface area (TPSA) is 93.5 Å². The van der Waals surface area contributed by atoms with Gasteiger partial charge in [0.25, 0.3) is 0 Å². The quantitative estimate of drug-likeness (QED) is 0.693. The average Bonchev–Trinajstić information content (AvgIpc) is 3.41. The Hall–Kier alpha value is -2.65. The molecule has 9 heteroatoms. The highest BCUT2D eigenvalue weighted by Crippen LogP contribution is 2.37. The van der Waals surface area contributed by atoms with E-state index in [4.69, 9.17) is 9.47 Å². The fraction of sp³-hybridized carbons (Fsp3) is 0.571. The summed E-state index contributed by atoms with van der Waals surface area (Å²) in [5, 5.41) is 14.7. The molecule has 4 aliphatic rings. The van der Waals surface area contributed by atoms with Gasteiger partial charge in [-0.1, -0.05) is 11.3 Å². The van der Waals surface area contributed by atoms with Crippen LogP contribution in [0.5, 0.6) is 11.5 Å².